The van der Waals surface area contributed by atoms with Gasteiger partial charge in [0.25, 0.3) is 5.91 Å². The third-order valence-electron chi connectivity index (χ3n) is 4.31. The number of aromatic nitrogens is 4. The number of nitrogens with zero attached hydrogens (tertiary/aromatic N) is 5. The van der Waals surface area contributed by atoms with Crippen molar-refractivity contribution in [3.05, 3.63) is 34.4 Å². The molecule has 26 heavy (non-hydrogen) atoms. The molecule has 3 heterocycles. The van der Waals surface area contributed by atoms with Crippen LogP contribution in [-0.4, -0.2) is 55.4 Å². The lowest BCUT2D eigenvalue weighted by Crippen LogP contribution is -2.39. The van der Waals surface area contributed by atoms with Gasteiger partial charge in [-0.3, -0.25) is 14.2 Å². The zero-order valence-electron chi connectivity index (χ0n) is 15.7. The Morgan fingerprint density at radius 2 is 2.15 bits per heavy atom. The Morgan fingerprint density at radius 3 is 2.65 bits per heavy atom. The average molecular weight is 382 g/mol. The van der Waals surface area contributed by atoms with Crippen LogP contribution in [0.15, 0.2) is 12.3 Å². The van der Waals surface area contributed by atoms with Crippen LogP contribution < -0.4 is 0 Å². The van der Waals surface area contributed by atoms with Crippen molar-refractivity contribution < 1.29 is 14.3 Å². The molecule has 2 aromatic rings. The molecule has 1 fully saturated rings. The van der Waals surface area contributed by atoms with E-state index in [9.17, 15) is 4.79 Å². The summed E-state index contributed by atoms with van der Waals surface area (Å²) < 4.78 is 14.8. The molecule has 1 aliphatic rings. The maximum atomic E-state index is 13.1. The van der Waals surface area contributed by atoms with Gasteiger partial charge >= 0.3 is 0 Å². The van der Waals surface area contributed by atoms with Crippen LogP contribution in [0.2, 0.25) is 5.02 Å². The molecule has 1 amide bonds. The standard InChI is InChI=1S/C17H24ClN5O3/c1-11-6-14(20-22(11)5)16(24)23(7-12-10-25-17(2,3)26-12)9-15-13(18)8-21(4)19-15/h6,8,12H,7,9-10H2,1-5H3/t12-/m1/s1. The molecule has 1 saturated heterocycles. The molecular weight excluding hydrogens is 358 g/mol. The Balaban J connectivity index is 1.83. The summed E-state index contributed by atoms with van der Waals surface area (Å²) in [5.41, 5.74) is 1.93. The first kappa shape index (κ1) is 18.9. The van der Waals surface area contributed by atoms with Crippen LogP contribution in [0.1, 0.15) is 35.7 Å². The van der Waals surface area contributed by atoms with E-state index in [1.165, 1.54) is 0 Å². The first-order chi connectivity index (χ1) is 12.1. The van der Waals surface area contributed by atoms with Gasteiger partial charge in [-0.1, -0.05) is 11.6 Å². The molecule has 0 bridgehead atoms. The molecule has 0 saturated carbocycles. The van der Waals surface area contributed by atoms with Gasteiger partial charge in [0.05, 0.1) is 24.7 Å². The number of hydrogen-bond acceptors (Lipinski definition) is 5. The summed E-state index contributed by atoms with van der Waals surface area (Å²) in [6.45, 7) is 6.68. The molecule has 0 spiro atoms. The second-order valence-corrected chi connectivity index (χ2v) is 7.44. The van der Waals surface area contributed by atoms with Gasteiger partial charge in [0.2, 0.25) is 0 Å². The van der Waals surface area contributed by atoms with Crippen molar-refractivity contribution in [2.75, 3.05) is 13.2 Å². The van der Waals surface area contributed by atoms with Crippen LogP contribution in [0.5, 0.6) is 0 Å². The van der Waals surface area contributed by atoms with E-state index in [4.69, 9.17) is 21.1 Å². The summed E-state index contributed by atoms with van der Waals surface area (Å²) >= 11 is 6.23. The van der Waals surface area contributed by atoms with E-state index in [1.54, 1.807) is 33.6 Å². The first-order valence-corrected chi connectivity index (χ1v) is 8.82. The largest absolute Gasteiger partial charge is 0.348 e. The first-order valence-electron chi connectivity index (χ1n) is 8.44. The van der Waals surface area contributed by atoms with E-state index < -0.39 is 5.79 Å². The molecule has 0 radical (unpaired) electrons. The Morgan fingerprint density at radius 1 is 1.42 bits per heavy atom. The van der Waals surface area contributed by atoms with Gasteiger partial charge in [-0.2, -0.15) is 10.2 Å². The number of ether oxygens (including phenoxy) is 2. The van der Waals surface area contributed by atoms with Crippen LogP contribution >= 0.6 is 11.6 Å². The Kier molecular flexibility index (Phi) is 5.09. The Labute approximate surface area is 157 Å². The fourth-order valence-electron chi connectivity index (χ4n) is 2.94. The van der Waals surface area contributed by atoms with Gasteiger partial charge in [-0.05, 0) is 26.8 Å². The van der Waals surface area contributed by atoms with E-state index in [1.807, 2.05) is 27.8 Å². The average Bonchev–Trinajstić information content (AvgIpc) is 3.16. The van der Waals surface area contributed by atoms with E-state index in [-0.39, 0.29) is 18.6 Å². The molecule has 0 aliphatic carbocycles. The minimum atomic E-state index is -0.649. The van der Waals surface area contributed by atoms with E-state index in [2.05, 4.69) is 10.2 Å². The van der Waals surface area contributed by atoms with E-state index in [0.29, 0.717) is 29.6 Å². The van der Waals surface area contributed by atoms with Gasteiger partial charge in [0.1, 0.15) is 11.8 Å². The van der Waals surface area contributed by atoms with Crippen LogP contribution in [0, 0.1) is 6.92 Å². The van der Waals surface area contributed by atoms with Crippen molar-refractivity contribution >= 4 is 17.5 Å². The summed E-state index contributed by atoms with van der Waals surface area (Å²) in [5, 5.41) is 9.16. The topological polar surface area (TPSA) is 74.4 Å². The van der Waals surface area contributed by atoms with Crippen molar-refractivity contribution in [3.8, 4) is 0 Å². The van der Waals surface area contributed by atoms with Crippen molar-refractivity contribution in [2.24, 2.45) is 14.1 Å². The van der Waals surface area contributed by atoms with Crippen LogP contribution in [0.3, 0.4) is 0 Å². The smallest absolute Gasteiger partial charge is 0.274 e. The third-order valence-corrected chi connectivity index (χ3v) is 4.62. The molecule has 1 atom stereocenters. The van der Waals surface area contributed by atoms with E-state index in [0.717, 1.165) is 5.69 Å². The number of hydrogen-bond donors (Lipinski definition) is 0. The number of aryl methyl sites for hydroxylation is 3. The quantitative estimate of drug-likeness (QED) is 0.790. The van der Waals surface area contributed by atoms with Crippen molar-refractivity contribution in [2.45, 2.75) is 39.2 Å². The summed E-state index contributed by atoms with van der Waals surface area (Å²) in [6, 6.07) is 1.77. The highest BCUT2D eigenvalue weighted by atomic mass is 35.5. The monoisotopic (exact) mass is 381 g/mol. The fourth-order valence-corrected chi connectivity index (χ4v) is 3.18. The summed E-state index contributed by atoms with van der Waals surface area (Å²) in [7, 11) is 3.60. The van der Waals surface area contributed by atoms with E-state index >= 15 is 0 Å². The summed E-state index contributed by atoms with van der Waals surface area (Å²) in [4.78, 5) is 14.7. The molecule has 1 aliphatic heterocycles. The lowest BCUT2D eigenvalue weighted by Gasteiger charge is -2.25. The highest BCUT2D eigenvalue weighted by molar-refractivity contribution is 6.31. The van der Waals surface area contributed by atoms with Crippen LogP contribution in [0.4, 0.5) is 0 Å². The minimum absolute atomic E-state index is 0.191. The van der Waals surface area contributed by atoms with Gasteiger partial charge in [0, 0.05) is 26.0 Å². The lowest BCUT2D eigenvalue weighted by molar-refractivity contribution is -0.139. The number of carbonyl (C=O) groups is 1. The zero-order valence-corrected chi connectivity index (χ0v) is 16.4. The normalized spacial score (nSPS) is 19.1. The Hall–Kier alpha value is -1.90. The van der Waals surface area contributed by atoms with Crippen LogP contribution in [-0.2, 0) is 30.1 Å². The van der Waals surface area contributed by atoms with Crippen molar-refractivity contribution in [3.63, 3.8) is 0 Å². The predicted molar refractivity (Wildman–Crippen MR) is 95.8 cm³/mol. The summed E-state index contributed by atoms with van der Waals surface area (Å²) in [6.07, 6.45) is 1.49. The van der Waals surface area contributed by atoms with Crippen molar-refractivity contribution in [1.29, 1.82) is 0 Å². The fraction of sp³-hybridized carbons (Fsp3) is 0.588. The van der Waals surface area contributed by atoms with Crippen LogP contribution in [0.25, 0.3) is 0 Å². The molecule has 2 aromatic heterocycles. The molecule has 3 rings (SSSR count). The molecule has 0 N–H and O–H groups in total. The number of carbonyl (C=O) groups excluding carboxylic acids is 1. The molecule has 8 nitrogen and oxygen atoms in total. The molecule has 9 heteroatoms. The number of amides is 1. The van der Waals surface area contributed by atoms with Gasteiger partial charge in [-0.25, -0.2) is 0 Å². The minimum Gasteiger partial charge on any atom is -0.348 e. The van der Waals surface area contributed by atoms with Gasteiger partial charge in [0.15, 0.2) is 11.5 Å². The number of halogens is 1. The molecule has 0 aromatic carbocycles. The highest BCUT2D eigenvalue weighted by Gasteiger charge is 2.35. The molecular formula is C17H24ClN5O3. The third kappa shape index (κ3) is 4.08. The predicted octanol–water partition coefficient (Wildman–Crippen LogP) is 1.91. The lowest BCUT2D eigenvalue weighted by atomic mass is 10.2. The molecule has 142 valence electrons. The molecule has 0 unspecified atom stereocenters. The van der Waals surface area contributed by atoms with Crippen molar-refractivity contribution in [1.82, 2.24) is 24.5 Å². The SMILES string of the molecule is Cc1cc(C(=O)N(Cc2nn(C)cc2Cl)C[C@@H]2COC(C)(C)O2)nn1C. The maximum Gasteiger partial charge on any atom is 0.274 e. The zero-order chi connectivity index (χ0) is 19.1. The number of rotatable bonds is 5. The highest BCUT2D eigenvalue weighted by Crippen LogP contribution is 2.24. The van der Waals surface area contributed by atoms with Gasteiger partial charge < -0.3 is 14.4 Å². The second-order valence-electron chi connectivity index (χ2n) is 7.03. The van der Waals surface area contributed by atoms with Gasteiger partial charge in [-0.15, -0.1) is 0 Å². The summed E-state index contributed by atoms with van der Waals surface area (Å²) in [5.74, 6) is -0.840. The Bertz CT molecular complexity index is 794. The maximum absolute atomic E-state index is 13.1. The second kappa shape index (κ2) is 7.02.